The maximum absolute atomic E-state index is 11.4. The minimum Gasteiger partial charge on any atom is -0.384 e. The minimum absolute atomic E-state index is 0.0240. The Morgan fingerprint density at radius 2 is 2.53 bits per heavy atom. The summed E-state index contributed by atoms with van der Waals surface area (Å²) in [7, 11) is 1.64. The van der Waals surface area contributed by atoms with E-state index in [9.17, 15) is 4.79 Å². The highest BCUT2D eigenvalue weighted by molar-refractivity contribution is 5.75. The van der Waals surface area contributed by atoms with Crippen molar-refractivity contribution < 1.29 is 9.53 Å². The number of nitrogens with one attached hydrogen (secondary N) is 2. The van der Waals surface area contributed by atoms with E-state index in [1.165, 1.54) is 0 Å². The normalized spacial score (nSPS) is 12.4. The molecule has 0 saturated carbocycles. The van der Waals surface area contributed by atoms with Gasteiger partial charge in [0.1, 0.15) is 5.82 Å². The van der Waals surface area contributed by atoms with E-state index < -0.39 is 0 Å². The summed E-state index contributed by atoms with van der Waals surface area (Å²) in [4.78, 5) is 18.3. The molecule has 1 aromatic rings. The molecule has 0 bridgehead atoms. The number of nitrogens with zero attached hydrogens (tertiary/aromatic N) is 1. The Morgan fingerprint density at radius 1 is 1.73 bits per heavy atom. The van der Waals surface area contributed by atoms with Crippen LogP contribution in [0.3, 0.4) is 0 Å². The number of methoxy groups -OCH3 is 1. The highest BCUT2D eigenvalue weighted by atomic mass is 16.5. The Kier molecular flexibility index (Phi) is 4.83. The summed E-state index contributed by atoms with van der Waals surface area (Å²) in [5.74, 6) is 1.03. The summed E-state index contributed by atoms with van der Waals surface area (Å²) in [6, 6.07) is 0. The Bertz CT molecular complexity index is 285. The number of H-pyrrole nitrogens is 1. The lowest BCUT2D eigenvalue weighted by Crippen LogP contribution is -2.26. The van der Waals surface area contributed by atoms with Crippen LogP contribution in [0.4, 0.5) is 0 Å². The number of hydrogen-bond acceptors (Lipinski definition) is 3. The van der Waals surface area contributed by atoms with Gasteiger partial charge in [0, 0.05) is 32.5 Å². The summed E-state index contributed by atoms with van der Waals surface area (Å²) in [5.41, 5.74) is 0. The first-order valence-electron chi connectivity index (χ1n) is 4.96. The van der Waals surface area contributed by atoms with Crippen LogP contribution >= 0.6 is 0 Å². The molecule has 0 saturated heterocycles. The quantitative estimate of drug-likeness (QED) is 0.727. The SMILES string of the molecule is COCC(C)CC(=O)NCc1ncc[nH]1. The van der Waals surface area contributed by atoms with Gasteiger partial charge in [-0.2, -0.15) is 0 Å². The van der Waals surface area contributed by atoms with Crippen molar-refractivity contribution >= 4 is 5.91 Å². The predicted molar refractivity (Wildman–Crippen MR) is 56.1 cm³/mol. The van der Waals surface area contributed by atoms with Gasteiger partial charge < -0.3 is 15.0 Å². The molecule has 1 aromatic heterocycles. The second-order valence-corrected chi connectivity index (χ2v) is 3.58. The van der Waals surface area contributed by atoms with Crippen molar-refractivity contribution in [3.8, 4) is 0 Å². The number of carbonyl (C=O) groups excluding carboxylic acids is 1. The fourth-order valence-electron chi connectivity index (χ4n) is 1.31. The predicted octanol–water partition coefficient (Wildman–Crippen LogP) is 0.698. The molecule has 0 spiro atoms. The fraction of sp³-hybridized carbons (Fsp3) is 0.600. The Morgan fingerprint density at radius 3 is 3.13 bits per heavy atom. The van der Waals surface area contributed by atoms with E-state index in [2.05, 4.69) is 15.3 Å². The highest BCUT2D eigenvalue weighted by Crippen LogP contribution is 2.01. The number of ether oxygens (including phenoxy) is 1. The lowest BCUT2D eigenvalue weighted by atomic mass is 10.1. The molecule has 1 amide bonds. The molecule has 1 unspecified atom stereocenters. The molecule has 0 aliphatic rings. The first-order chi connectivity index (χ1) is 7.22. The van der Waals surface area contributed by atoms with E-state index in [0.29, 0.717) is 19.6 Å². The number of amides is 1. The molecule has 0 aromatic carbocycles. The third-order valence-corrected chi connectivity index (χ3v) is 1.99. The van der Waals surface area contributed by atoms with Crippen LogP contribution in [0.1, 0.15) is 19.2 Å². The minimum atomic E-state index is 0.0240. The summed E-state index contributed by atoms with van der Waals surface area (Å²) in [6.45, 7) is 3.04. The number of carbonyl (C=O) groups is 1. The molecule has 1 heterocycles. The number of imidazole rings is 1. The summed E-state index contributed by atoms with van der Waals surface area (Å²) >= 11 is 0. The van der Waals surface area contributed by atoms with Crippen LogP contribution in [0.2, 0.25) is 0 Å². The third kappa shape index (κ3) is 4.60. The molecule has 5 nitrogen and oxygen atoms in total. The van der Waals surface area contributed by atoms with Crippen LogP contribution in [0.25, 0.3) is 0 Å². The Hall–Kier alpha value is -1.36. The molecule has 5 heteroatoms. The van der Waals surface area contributed by atoms with Gasteiger partial charge in [0.05, 0.1) is 6.54 Å². The lowest BCUT2D eigenvalue weighted by molar-refractivity contribution is -0.122. The molecular weight excluding hydrogens is 194 g/mol. The van der Waals surface area contributed by atoms with E-state index in [0.717, 1.165) is 5.82 Å². The second-order valence-electron chi connectivity index (χ2n) is 3.58. The summed E-state index contributed by atoms with van der Waals surface area (Å²) < 4.78 is 4.96. The van der Waals surface area contributed by atoms with Crippen LogP contribution in [-0.4, -0.2) is 29.6 Å². The Labute approximate surface area is 89.2 Å². The van der Waals surface area contributed by atoms with Gasteiger partial charge in [0.2, 0.25) is 5.91 Å². The molecule has 0 aliphatic carbocycles. The molecule has 1 rings (SSSR count). The number of hydrogen-bond donors (Lipinski definition) is 2. The number of rotatable bonds is 6. The standard InChI is InChI=1S/C10H17N3O2/c1-8(7-15-2)5-10(14)13-6-9-11-3-4-12-9/h3-4,8H,5-7H2,1-2H3,(H,11,12)(H,13,14). The lowest BCUT2D eigenvalue weighted by Gasteiger charge is -2.09. The van der Waals surface area contributed by atoms with Crippen LogP contribution < -0.4 is 5.32 Å². The molecule has 84 valence electrons. The average molecular weight is 211 g/mol. The van der Waals surface area contributed by atoms with E-state index in [1.807, 2.05) is 6.92 Å². The maximum Gasteiger partial charge on any atom is 0.220 e. The van der Waals surface area contributed by atoms with E-state index in [-0.39, 0.29) is 11.8 Å². The average Bonchev–Trinajstić information content (AvgIpc) is 2.67. The summed E-state index contributed by atoms with van der Waals surface area (Å²) in [5, 5.41) is 2.79. The van der Waals surface area contributed by atoms with Crippen molar-refractivity contribution in [3.05, 3.63) is 18.2 Å². The van der Waals surface area contributed by atoms with Gasteiger partial charge in [-0.05, 0) is 5.92 Å². The van der Waals surface area contributed by atoms with Gasteiger partial charge in [0.15, 0.2) is 0 Å². The highest BCUT2D eigenvalue weighted by Gasteiger charge is 2.08. The third-order valence-electron chi connectivity index (χ3n) is 1.99. The fourth-order valence-corrected chi connectivity index (χ4v) is 1.31. The topological polar surface area (TPSA) is 67.0 Å². The van der Waals surface area contributed by atoms with E-state index >= 15 is 0 Å². The van der Waals surface area contributed by atoms with Gasteiger partial charge in [0.25, 0.3) is 0 Å². The molecule has 1 atom stereocenters. The van der Waals surface area contributed by atoms with E-state index in [4.69, 9.17) is 4.74 Å². The number of aromatic nitrogens is 2. The van der Waals surface area contributed by atoms with Crippen LogP contribution in [0.15, 0.2) is 12.4 Å². The molecule has 0 radical (unpaired) electrons. The van der Waals surface area contributed by atoms with Crippen molar-refractivity contribution in [1.29, 1.82) is 0 Å². The van der Waals surface area contributed by atoms with Gasteiger partial charge in [-0.3, -0.25) is 4.79 Å². The van der Waals surface area contributed by atoms with Gasteiger partial charge in [-0.25, -0.2) is 4.98 Å². The first kappa shape index (κ1) is 11.7. The smallest absolute Gasteiger partial charge is 0.220 e. The van der Waals surface area contributed by atoms with Crippen LogP contribution in [0.5, 0.6) is 0 Å². The zero-order valence-corrected chi connectivity index (χ0v) is 9.12. The molecular formula is C10H17N3O2. The molecule has 0 aliphatic heterocycles. The number of aromatic amines is 1. The van der Waals surface area contributed by atoms with Crippen molar-refractivity contribution in [2.75, 3.05) is 13.7 Å². The largest absolute Gasteiger partial charge is 0.384 e. The van der Waals surface area contributed by atoms with Crippen molar-refractivity contribution in [3.63, 3.8) is 0 Å². The maximum atomic E-state index is 11.4. The molecule has 15 heavy (non-hydrogen) atoms. The second kappa shape index (κ2) is 6.19. The summed E-state index contributed by atoms with van der Waals surface area (Å²) in [6.07, 6.45) is 3.87. The monoisotopic (exact) mass is 211 g/mol. The van der Waals surface area contributed by atoms with Crippen molar-refractivity contribution in [2.45, 2.75) is 19.9 Å². The zero-order chi connectivity index (χ0) is 11.1. The molecule has 0 fully saturated rings. The van der Waals surface area contributed by atoms with Gasteiger partial charge in [-0.1, -0.05) is 6.92 Å². The van der Waals surface area contributed by atoms with Crippen molar-refractivity contribution in [1.82, 2.24) is 15.3 Å². The first-order valence-corrected chi connectivity index (χ1v) is 4.96. The van der Waals surface area contributed by atoms with Crippen LogP contribution in [0, 0.1) is 5.92 Å². The van der Waals surface area contributed by atoms with Gasteiger partial charge >= 0.3 is 0 Å². The van der Waals surface area contributed by atoms with Gasteiger partial charge in [-0.15, -0.1) is 0 Å². The van der Waals surface area contributed by atoms with Crippen LogP contribution in [-0.2, 0) is 16.1 Å². The van der Waals surface area contributed by atoms with E-state index in [1.54, 1.807) is 19.5 Å². The van der Waals surface area contributed by atoms with Crippen molar-refractivity contribution in [2.24, 2.45) is 5.92 Å². The molecule has 2 N–H and O–H groups in total. The zero-order valence-electron chi connectivity index (χ0n) is 9.12. The Balaban J connectivity index is 2.19.